The molecule has 0 amide bonds. The van der Waals surface area contributed by atoms with E-state index in [4.69, 9.17) is 10.5 Å². The predicted octanol–water partition coefficient (Wildman–Crippen LogP) is 1.98. The second kappa shape index (κ2) is 8.64. The van der Waals surface area contributed by atoms with Crippen LogP contribution in [-0.2, 0) is 4.74 Å². The Balaban J connectivity index is 1.57. The lowest BCUT2D eigenvalue weighted by molar-refractivity contribution is 0.0398. The number of rotatable bonds is 7. The van der Waals surface area contributed by atoms with Crippen molar-refractivity contribution in [2.24, 2.45) is 0 Å². The van der Waals surface area contributed by atoms with Crippen LogP contribution in [0, 0.1) is 0 Å². The lowest BCUT2D eigenvalue weighted by Gasteiger charge is -2.26. The molecule has 134 valence electrons. The van der Waals surface area contributed by atoms with Crippen molar-refractivity contribution in [1.29, 1.82) is 0 Å². The van der Waals surface area contributed by atoms with E-state index in [0.29, 0.717) is 17.3 Å². The molecule has 3 rings (SSSR count). The van der Waals surface area contributed by atoms with E-state index in [1.807, 2.05) is 18.2 Å². The molecule has 1 aromatic carbocycles. The van der Waals surface area contributed by atoms with Gasteiger partial charge in [-0.15, -0.1) is 0 Å². The Morgan fingerprint density at radius 1 is 1.16 bits per heavy atom. The van der Waals surface area contributed by atoms with Gasteiger partial charge in [-0.2, -0.15) is 0 Å². The van der Waals surface area contributed by atoms with Gasteiger partial charge in [0, 0.05) is 26.2 Å². The maximum absolute atomic E-state index is 6.25. The molecule has 0 spiro atoms. The van der Waals surface area contributed by atoms with E-state index in [1.54, 1.807) is 0 Å². The van der Waals surface area contributed by atoms with Crippen LogP contribution in [0.15, 0.2) is 36.7 Å². The van der Waals surface area contributed by atoms with E-state index < -0.39 is 0 Å². The van der Waals surface area contributed by atoms with Gasteiger partial charge in [-0.25, -0.2) is 9.97 Å². The van der Waals surface area contributed by atoms with Crippen LogP contribution in [0.5, 0.6) is 0 Å². The van der Waals surface area contributed by atoms with Crippen LogP contribution in [-0.4, -0.2) is 54.3 Å². The topological polar surface area (TPSA) is 88.3 Å². The van der Waals surface area contributed by atoms with Gasteiger partial charge in [0.15, 0.2) is 11.6 Å². The first-order chi connectivity index (χ1) is 12.2. The zero-order valence-corrected chi connectivity index (χ0v) is 14.6. The summed E-state index contributed by atoms with van der Waals surface area (Å²) in [5, 5.41) is 6.68. The minimum atomic E-state index is 0.111. The monoisotopic (exact) mass is 342 g/mol. The molecule has 7 heteroatoms. The molecular formula is C18H26N6O. The van der Waals surface area contributed by atoms with Crippen LogP contribution in [0.1, 0.15) is 18.5 Å². The van der Waals surface area contributed by atoms with E-state index in [-0.39, 0.29) is 6.04 Å². The quantitative estimate of drug-likeness (QED) is 0.709. The van der Waals surface area contributed by atoms with Gasteiger partial charge in [-0.1, -0.05) is 30.3 Å². The molecule has 2 heterocycles. The van der Waals surface area contributed by atoms with Crippen molar-refractivity contribution in [2.45, 2.75) is 13.0 Å². The van der Waals surface area contributed by atoms with Crippen LogP contribution >= 0.6 is 0 Å². The largest absolute Gasteiger partial charge is 0.393 e. The van der Waals surface area contributed by atoms with Crippen LogP contribution in [0.2, 0.25) is 0 Å². The summed E-state index contributed by atoms with van der Waals surface area (Å²) < 4.78 is 5.36. The molecule has 1 aliphatic heterocycles. The molecule has 0 radical (unpaired) electrons. The standard InChI is InChI=1S/C18H26N6O/c1-14(15-5-3-2-4-6-15)23-18-16(19)17(21-13-22-18)20-7-8-24-9-11-25-12-10-24/h2-6,13-14H,7-12,19H2,1H3,(H2,20,21,22,23). The molecule has 4 N–H and O–H groups in total. The summed E-state index contributed by atoms with van der Waals surface area (Å²) in [4.78, 5) is 10.9. The maximum atomic E-state index is 6.25. The Morgan fingerprint density at radius 2 is 1.88 bits per heavy atom. The van der Waals surface area contributed by atoms with Crippen LogP contribution < -0.4 is 16.4 Å². The number of nitrogens with two attached hydrogens (primary N) is 1. The highest BCUT2D eigenvalue weighted by molar-refractivity contribution is 5.74. The molecule has 1 atom stereocenters. The summed E-state index contributed by atoms with van der Waals surface area (Å²) in [7, 11) is 0. The Kier molecular flexibility index (Phi) is 6.03. The third kappa shape index (κ3) is 4.80. The number of ether oxygens (including phenoxy) is 1. The van der Waals surface area contributed by atoms with Crippen molar-refractivity contribution in [2.75, 3.05) is 55.8 Å². The lowest BCUT2D eigenvalue weighted by atomic mass is 10.1. The zero-order chi connectivity index (χ0) is 17.5. The molecule has 2 aromatic rings. The number of benzene rings is 1. The average molecular weight is 342 g/mol. The summed E-state index contributed by atoms with van der Waals surface area (Å²) in [6.45, 7) is 7.38. The average Bonchev–Trinajstić information content (AvgIpc) is 2.66. The van der Waals surface area contributed by atoms with Crippen molar-refractivity contribution in [3.63, 3.8) is 0 Å². The highest BCUT2D eigenvalue weighted by Gasteiger charge is 2.13. The molecule has 7 nitrogen and oxygen atoms in total. The van der Waals surface area contributed by atoms with Crippen molar-refractivity contribution < 1.29 is 4.74 Å². The van der Waals surface area contributed by atoms with Gasteiger partial charge in [0.2, 0.25) is 0 Å². The van der Waals surface area contributed by atoms with Crippen molar-refractivity contribution >= 4 is 17.3 Å². The zero-order valence-electron chi connectivity index (χ0n) is 14.6. The van der Waals surface area contributed by atoms with Crippen LogP contribution in [0.4, 0.5) is 17.3 Å². The van der Waals surface area contributed by atoms with Crippen molar-refractivity contribution in [1.82, 2.24) is 14.9 Å². The number of nitrogen functional groups attached to an aromatic ring is 1. The molecule has 1 aliphatic rings. The number of nitrogens with zero attached hydrogens (tertiary/aromatic N) is 3. The predicted molar refractivity (Wildman–Crippen MR) is 101 cm³/mol. The fourth-order valence-electron chi connectivity index (χ4n) is 2.84. The number of hydrogen-bond acceptors (Lipinski definition) is 7. The molecule has 0 aliphatic carbocycles. The first kappa shape index (κ1) is 17.4. The van der Waals surface area contributed by atoms with Gasteiger partial charge < -0.3 is 21.1 Å². The van der Waals surface area contributed by atoms with E-state index >= 15 is 0 Å². The summed E-state index contributed by atoms with van der Waals surface area (Å²) in [6, 6.07) is 10.3. The van der Waals surface area contributed by atoms with Gasteiger partial charge in [0.25, 0.3) is 0 Å². The summed E-state index contributed by atoms with van der Waals surface area (Å²) in [5.41, 5.74) is 7.98. The molecule has 25 heavy (non-hydrogen) atoms. The maximum Gasteiger partial charge on any atom is 0.155 e. The number of anilines is 3. The Morgan fingerprint density at radius 3 is 2.64 bits per heavy atom. The van der Waals surface area contributed by atoms with Gasteiger partial charge in [-0.3, -0.25) is 4.90 Å². The first-order valence-corrected chi connectivity index (χ1v) is 8.70. The molecule has 1 fully saturated rings. The van der Waals surface area contributed by atoms with Gasteiger partial charge >= 0.3 is 0 Å². The van der Waals surface area contributed by atoms with Crippen LogP contribution in [0.3, 0.4) is 0 Å². The molecule has 1 saturated heterocycles. The van der Waals surface area contributed by atoms with Crippen molar-refractivity contribution in [3.05, 3.63) is 42.2 Å². The molecule has 0 bridgehead atoms. The Hall–Kier alpha value is -2.38. The van der Waals surface area contributed by atoms with Gasteiger partial charge in [0.05, 0.1) is 19.3 Å². The number of morpholine rings is 1. The summed E-state index contributed by atoms with van der Waals surface area (Å²) in [6.07, 6.45) is 1.54. The number of aromatic nitrogens is 2. The lowest BCUT2D eigenvalue weighted by Crippen LogP contribution is -2.39. The number of hydrogen-bond donors (Lipinski definition) is 3. The van der Waals surface area contributed by atoms with E-state index in [0.717, 1.165) is 39.4 Å². The van der Waals surface area contributed by atoms with E-state index in [9.17, 15) is 0 Å². The fourth-order valence-corrected chi connectivity index (χ4v) is 2.84. The smallest absolute Gasteiger partial charge is 0.155 e. The SMILES string of the molecule is CC(Nc1ncnc(NCCN2CCOCC2)c1N)c1ccccc1. The minimum absolute atomic E-state index is 0.111. The Labute approximate surface area is 148 Å². The normalized spacial score (nSPS) is 16.4. The number of nitrogens with one attached hydrogen (secondary N) is 2. The minimum Gasteiger partial charge on any atom is -0.393 e. The first-order valence-electron chi connectivity index (χ1n) is 8.70. The highest BCUT2D eigenvalue weighted by Crippen LogP contribution is 2.26. The second-order valence-corrected chi connectivity index (χ2v) is 6.14. The third-order valence-electron chi connectivity index (χ3n) is 4.36. The summed E-state index contributed by atoms with van der Waals surface area (Å²) in [5.74, 6) is 1.33. The van der Waals surface area contributed by atoms with Gasteiger partial charge in [-0.05, 0) is 12.5 Å². The second-order valence-electron chi connectivity index (χ2n) is 6.14. The molecule has 1 unspecified atom stereocenters. The third-order valence-corrected chi connectivity index (χ3v) is 4.36. The fraction of sp³-hybridized carbons (Fsp3) is 0.444. The molecule has 1 aromatic heterocycles. The summed E-state index contributed by atoms with van der Waals surface area (Å²) >= 11 is 0. The van der Waals surface area contributed by atoms with Crippen LogP contribution in [0.25, 0.3) is 0 Å². The van der Waals surface area contributed by atoms with E-state index in [2.05, 4.69) is 44.6 Å². The van der Waals surface area contributed by atoms with Crippen molar-refractivity contribution in [3.8, 4) is 0 Å². The molecular weight excluding hydrogens is 316 g/mol. The van der Waals surface area contributed by atoms with E-state index in [1.165, 1.54) is 11.9 Å². The molecule has 0 saturated carbocycles. The Bertz CT molecular complexity index is 660. The highest BCUT2D eigenvalue weighted by atomic mass is 16.5. The van der Waals surface area contributed by atoms with Gasteiger partial charge in [0.1, 0.15) is 12.0 Å².